The number of morpholine rings is 1. The molecule has 0 radical (unpaired) electrons. The molecule has 1 unspecified atom stereocenters. The van der Waals surface area contributed by atoms with Crippen LogP contribution in [0.3, 0.4) is 0 Å². The van der Waals surface area contributed by atoms with Gasteiger partial charge in [0.05, 0.1) is 32.0 Å². The SMILES string of the molecule is CCOC(=O)CC/C(=N/OC(C)=O)c1ccc2c(c1)c1cc(C(OC)c3ccccc3)ccc1n2CCC(=O)N1CCOCC1. The molecule has 0 saturated carbocycles. The zero-order valence-electron chi connectivity index (χ0n) is 26.0. The number of amides is 1. The van der Waals surface area contributed by atoms with Crippen LogP contribution in [-0.2, 0) is 40.0 Å². The number of oxime groups is 1. The van der Waals surface area contributed by atoms with Gasteiger partial charge in [0.2, 0.25) is 5.91 Å². The average molecular weight is 614 g/mol. The highest BCUT2D eigenvalue weighted by molar-refractivity contribution is 6.12. The summed E-state index contributed by atoms with van der Waals surface area (Å²) in [7, 11) is 1.70. The van der Waals surface area contributed by atoms with E-state index in [1.807, 2.05) is 53.4 Å². The van der Waals surface area contributed by atoms with Gasteiger partial charge in [0.25, 0.3) is 0 Å². The first kappa shape index (κ1) is 31.9. The molecule has 5 rings (SSSR count). The highest BCUT2D eigenvalue weighted by atomic mass is 16.7. The van der Waals surface area contributed by atoms with Crippen molar-refractivity contribution in [3.63, 3.8) is 0 Å². The average Bonchev–Trinajstić information content (AvgIpc) is 3.37. The molecular weight excluding hydrogens is 574 g/mol. The number of rotatable bonds is 12. The second kappa shape index (κ2) is 15.0. The number of hydrogen-bond acceptors (Lipinski definition) is 8. The van der Waals surface area contributed by atoms with Crippen molar-refractivity contribution >= 4 is 45.4 Å². The predicted molar refractivity (Wildman–Crippen MR) is 171 cm³/mol. The van der Waals surface area contributed by atoms with Gasteiger partial charge in [-0.3, -0.25) is 9.59 Å². The minimum Gasteiger partial charge on any atom is -0.466 e. The second-order valence-electron chi connectivity index (χ2n) is 10.9. The van der Waals surface area contributed by atoms with Gasteiger partial charge in [-0.05, 0) is 42.3 Å². The van der Waals surface area contributed by atoms with Crippen LogP contribution < -0.4 is 0 Å². The molecule has 0 spiro atoms. The summed E-state index contributed by atoms with van der Waals surface area (Å²) in [4.78, 5) is 43.8. The van der Waals surface area contributed by atoms with E-state index in [-0.39, 0.29) is 37.4 Å². The van der Waals surface area contributed by atoms with Gasteiger partial charge < -0.3 is 28.5 Å². The molecule has 1 fully saturated rings. The van der Waals surface area contributed by atoms with E-state index in [0.29, 0.717) is 50.5 Å². The van der Waals surface area contributed by atoms with Gasteiger partial charge in [0, 0.05) is 73.9 Å². The molecule has 1 saturated heterocycles. The molecule has 4 aromatic rings. The Morgan fingerprint density at radius 3 is 2.29 bits per heavy atom. The van der Waals surface area contributed by atoms with Crippen LogP contribution in [0.15, 0.2) is 71.9 Å². The Kier molecular flexibility index (Phi) is 10.6. The third kappa shape index (κ3) is 7.58. The standard InChI is InChI=1S/C35H39N3O7/c1-4-44-34(41)15-12-30(36-45-24(2)39)26-10-13-31-28(22-26)29-23-27(35(42-3)25-8-6-5-7-9-25)11-14-32(29)38(31)17-16-33(40)37-18-20-43-21-19-37/h5-11,13-14,22-23,35H,4,12,15-21H2,1-3H3/b36-30-. The molecule has 10 heteroatoms. The van der Waals surface area contributed by atoms with Crippen molar-refractivity contribution < 1.29 is 33.4 Å². The van der Waals surface area contributed by atoms with Crippen molar-refractivity contribution in [2.75, 3.05) is 40.0 Å². The molecule has 2 heterocycles. The predicted octanol–water partition coefficient (Wildman–Crippen LogP) is 5.39. The number of aryl methyl sites for hydroxylation is 1. The van der Waals surface area contributed by atoms with Gasteiger partial charge in [-0.15, -0.1) is 0 Å². The maximum Gasteiger partial charge on any atom is 0.331 e. The highest BCUT2D eigenvalue weighted by Crippen LogP contribution is 2.35. The number of nitrogens with zero attached hydrogens (tertiary/aromatic N) is 3. The lowest BCUT2D eigenvalue weighted by Crippen LogP contribution is -2.40. The van der Waals surface area contributed by atoms with Crippen molar-refractivity contribution in [3.05, 3.63) is 83.4 Å². The monoisotopic (exact) mass is 613 g/mol. The van der Waals surface area contributed by atoms with Crippen LogP contribution in [0.1, 0.15) is 55.9 Å². The Morgan fingerprint density at radius 1 is 0.889 bits per heavy atom. The lowest BCUT2D eigenvalue weighted by molar-refractivity contribution is -0.143. The lowest BCUT2D eigenvalue weighted by atomic mass is 9.98. The summed E-state index contributed by atoms with van der Waals surface area (Å²) >= 11 is 0. The Balaban J connectivity index is 1.58. The van der Waals surface area contributed by atoms with Crippen LogP contribution in [0.4, 0.5) is 0 Å². The normalized spacial score (nSPS) is 14.5. The van der Waals surface area contributed by atoms with Gasteiger partial charge in [-0.1, -0.05) is 47.6 Å². The number of hydrogen-bond donors (Lipinski definition) is 0. The second-order valence-corrected chi connectivity index (χ2v) is 10.9. The summed E-state index contributed by atoms with van der Waals surface area (Å²) in [6.45, 7) is 6.14. The first-order chi connectivity index (χ1) is 21.9. The zero-order valence-corrected chi connectivity index (χ0v) is 26.0. The van der Waals surface area contributed by atoms with Crippen LogP contribution in [0.25, 0.3) is 21.8 Å². The molecule has 0 aliphatic carbocycles. The van der Waals surface area contributed by atoms with Crippen molar-refractivity contribution in [1.82, 2.24) is 9.47 Å². The first-order valence-electron chi connectivity index (χ1n) is 15.3. The number of aromatic nitrogens is 1. The fraction of sp³-hybridized carbons (Fsp3) is 0.371. The molecule has 1 aliphatic rings. The number of fused-ring (bicyclic) bond motifs is 3. The smallest absolute Gasteiger partial charge is 0.331 e. The molecule has 0 N–H and O–H groups in total. The van der Waals surface area contributed by atoms with Crippen LogP contribution in [0.2, 0.25) is 0 Å². The summed E-state index contributed by atoms with van der Waals surface area (Å²) in [6, 6.07) is 22.2. The molecule has 0 bridgehead atoms. The Bertz CT molecular complexity index is 1690. The maximum absolute atomic E-state index is 13.1. The quantitative estimate of drug-likeness (QED) is 0.0913. The van der Waals surface area contributed by atoms with E-state index in [9.17, 15) is 14.4 Å². The fourth-order valence-corrected chi connectivity index (χ4v) is 5.79. The highest BCUT2D eigenvalue weighted by Gasteiger charge is 2.21. The molecule has 45 heavy (non-hydrogen) atoms. The topological polar surface area (TPSA) is 109 Å². The minimum absolute atomic E-state index is 0.0914. The molecule has 1 amide bonds. The van der Waals surface area contributed by atoms with E-state index in [0.717, 1.165) is 32.9 Å². The Hall–Kier alpha value is -4.54. The molecule has 1 aliphatic heterocycles. The van der Waals surface area contributed by atoms with Crippen LogP contribution in [0, 0.1) is 0 Å². The van der Waals surface area contributed by atoms with Crippen LogP contribution in [-0.4, -0.2) is 73.0 Å². The summed E-state index contributed by atoms with van der Waals surface area (Å²) in [5.74, 6) is -0.811. The van der Waals surface area contributed by atoms with Crippen molar-refractivity contribution in [1.29, 1.82) is 0 Å². The largest absolute Gasteiger partial charge is 0.466 e. The number of methoxy groups -OCH3 is 1. The first-order valence-corrected chi connectivity index (χ1v) is 15.3. The number of benzene rings is 3. The number of carbonyl (C=O) groups is 3. The zero-order chi connectivity index (χ0) is 31.8. The van der Waals surface area contributed by atoms with Gasteiger partial charge in [0.15, 0.2) is 0 Å². The van der Waals surface area contributed by atoms with E-state index in [1.165, 1.54) is 6.92 Å². The van der Waals surface area contributed by atoms with E-state index in [2.05, 4.69) is 27.9 Å². The van der Waals surface area contributed by atoms with Crippen molar-refractivity contribution in [3.8, 4) is 0 Å². The van der Waals surface area contributed by atoms with Crippen LogP contribution >= 0.6 is 0 Å². The van der Waals surface area contributed by atoms with Gasteiger partial charge >= 0.3 is 11.9 Å². The maximum atomic E-state index is 13.1. The third-order valence-electron chi connectivity index (χ3n) is 7.93. The van der Waals surface area contributed by atoms with E-state index in [4.69, 9.17) is 19.0 Å². The summed E-state index contributed by atoms with van der Waals surface area (Å²) in [5, 5.41) is 6.03. The molecular formula is C35H39N3O7. The summed E-state index contributed by atoms with van der Waals surface area (Å²) in [6.07, 6.45) is 0.403. The fourth-order valence-electron chi connectivity index (χ4n) is 5.79. The van der Waals surface area contributed by atoms with Crippen molar-refractivity contribution in [2.24, 2.45) is 5.16 Å². The van der Waals surface area contributed by atoms with E-state index >= 15 is 0 Å². The van der Waals surface area contributed by atoms with Gasteiger partial charge in [-0.25, -0.2) is 4.79 Å². The number of esters is 1. The Morgan fingerprint density at radius 2 is 1.60 bits per heavy atom. The number of ether oxygens (including phenoxy) is 3. The third-order valence-corrected chi connectivity index (χ3v) is 7.93. The van der Waals surface area contributed by atoms with Gasteiger partial charge in [-0.2, -0.15) is 0 Å². The van der Waals surface area contributed by atoms with Crippen molar-refractivity contribution in [2.45, 2.75) is 45.8 Å². The molecule has 236 valence electrons. The summed E-state index contributed by atoms with van der Waals surface area (Å²) < 4.78 is 18.6. The lowest BCUT2D eigenvalue weighted by Gasteiger charge is -2.27. The Labute approximate surface area is 262 Å². The van der Waals surface area contributed by atoms with E-state index in [1.54, 1.807) is 14.0 Å². The molecule has 1 atom stereocenters. The van der Waals surface area contributed by atoms with Gasteiger partial charge in [0.1, 0.15) is 6.10 Å². The number of carbonyl (C=O) groups excluding carboxylic acids is 3. The summed E-state index contributed by atoms with van der Waals surface area (Å²) in [5.41, 5.74) is 5.13. The molecule has 3 aromatic carbocycles. The van der Waals surface area contributed by atoms with E-state index < -0.39 is 5.97 Å². The minimum atomic E-state index is -0.553. The molecule has 1 aromatic heterocycles. The van der Waals surface area contributed by atoms with Crippen LogP contribution in [0.5, 0.6) is 0 Å². The molecule has 10 nitrogen and oxygen atoms in total.